The van der Waals surface area contributed by atoms with Crippen LogP contribution in [-0.4, -0.2) is 0 Å². The van der Waals surface area contributed by atoms with E-state index in [9.17, 15) is 4.39 Å². The highest BCUT2D eigenvalue weighted by Gasteiger charge is 2.09. The fourth-order valence-corrected chi connectivity index (χ4v) is 2.34. The van der Waals surface area contributed by atoms with Crippen molar-refractivity contribution in [3.8, 4) is 11.1 Å². The van der Waals surface area contributed by atoms with E-state index in [0.29, 0.717) is 12.1 Å². The van der Waals surface area contributed by atoms with Crippen LogP contribution in [0, 0.1) is 26.6 Å². The van der Waals surface area contributed by atoms with Gasteiger partial charge in [0.15, 0.2) is 0 Å². The standard InChI is InChI=1S/C16H18FN/c1-10-6-11(2)15(9-18)14(7-10)13-4-5-16(17)12(3)8-13/h4-8H,9,18H2,1-3H3. The monoisotopic (exact) mass is 243 g/mol. The van der Waals surface area contributed by atoms with Crippen LogP contribution in [0.25, 0.3) is 11.1 Å². The van der Waals surface area contributed by atoms with Gasteiger partial charge >= 0.3 is 0 Å². The second-order valence-electron chi connectivity index (χ2n) is 4.78. The molecule has 0 amide bonds. The van der Waals surface area contributed by atoms with Gasteiger partial charge in [-0.3, -0.25) is 0 Å². The summed E-state index contributed by atoms with van der Waals surface area (Å²) < 4.78 is 13.3. The van der Waals surface area contributed by atoms with Gasteiger partial charge in [-0.2, -0.15) is 0 Å². The quantitative estimate of drug-likeness (QED) is 0.851. The van der Waals surface area contributed by atoms with Crippen LogP contribution in [-0.2, 0) is 6.54 Å². The van der Waals surface area contributed by atoms with Gasteiger partial charge in [-0.25, -0.2) is 4.39 Å². The number of nitrogens with two attached hydrogens (primary N) is 1. The van der Waals surface area contributed by atoms with Crippen LogP contribution >= 0.6 is 0 Å². The van der Waals surface area contributed by atoms with Gasteiger partial charge in [0, 0.05) is 6.54 Å². The van der Waals surface area contributed by atoms with Gasteiger partial charge in [-0.05, 0) is 60.7 Å². The zero-order valence-electron chi connectivity index (χ0n) is 11.0. The Morgan fingerprint density at radius 3 is 2.33 bits per heavy atom. The summed E-state index contributed by atoms with van der Waals surface area (Å²) in [6.07, 6.45) is 0. The predicted molar refractivity (Wildman–Crippen MR) is 73.9 cm³/mol. The molecular weight excluding hydrogens is 225 g/mol. The third-order valence-corrected chi connectivity index (χ3v) is 3.29. The lowest BCUT2D eigenvalue weighted by Crippen LogP contribution is -2.02. The van der Waals surface area contributed by atoms with Crippen molar-refractivity contribution in [1.82, 2.24) is 0 Å². The molecule has 0 fully saturated rings. The number of benzene rings is 2. The zero-order valence-corrected chi connectivity index (χ0v) is 11.0. The molecule has 0 heterocycles. The predicted octanol–water partition coefficient (Wildman–Crippen LogP) is 3.88. The van der Waals surface area contributed by atoms with Crippen molar-refractivity contribution in [3.05, 3.63) is 58.4 Å². The van der Waals surface area contributed by atoms with E-state index in [4.69, 9.17) is 5.73 Å². The molecule has 2 N–H and O–H groups in total. The molecule has 0 radical (unpaired) electrons. The lowest BCUT2D eigenvalue weighted by molar-refractivity contribution is 0.619. The summed E-state index contributed by atoms with van der Waals surface area (Å²) in [5.41, 5.74) is 12.1. The number of hydrogen-bond acceptors (Lipinski definition) is 1. The van der Waals surface area contributed by atoms with Crippen LogP contribution in [0.3, 0.4) is 0 Å². The molecule has 2 aromatic rings. The lowest BCUT2D eigenvalue weighted by atomic mass is 9.93. The third-order valence-electron chi connectivity index (χ3n) is 3.29. The molecule has 0 aliphatic carbocycles. The van der Waals surface area contributed by atoms with E-state index in [1.165, 1.54) is 17.2 Å². The summed E-state index contributed by atoms with van der Waals surface area (Å²) in [5.74, 6) is -0.169. The average Bonchev–Trinajstić information content (AvgIpc) is 2.32. The summed E-state index contributed by atoms with van der Waals surface area (Å²) in [4.78, 5) is 0. The molecule has 0 unspecified atom stereocenters. The van der Waals surface area contributed by atoms with Crippen molar-refractivity contribution in [2.24, 2.45) is 5.73 Å². The molecule has 2 heteroatoms. The fraction of sp³-hybridized carbons (Fsp3) is 0.250. The van der Waals surface area contributed by atoms with Gasteiger partial charge in [0.2, 0.25) is 0 Å². The molecular formula is C16H18FN. The first-order chi connectivity index (χ1) is 8.52. The van der Waals surface area contributed by atoms with Crippen molar-refractivity contribution in [2.75, 3.05) is 0 Å². The Morgan fingerprint density at radius 2 is 1.72 bits per heavy atom. The zero-order chi connectivity index (χ0) is 13.3. The first-order valence-electron chi connectivity index (χ1n) is 6.09. The second kappa shape index (κ2) is 4.91. The minimum absolute atomic E-state index is 0.169. The molecule has 0 aromatic heterocycles. The number of aryl methyl sites for hydroxylation is 3. The van der Waals surface area contributed by atoms with Crippen molar-refractivity contribution < 1.29 is 4.39 Å². The number of hydrogen-bond donors (Lipinski definition) is 1. The molecule has 18 heavy (non-hydrogen) atoms. The molecule has 0 aliphatic heterocycles. The second-order valence-corrected chi connectivity index (χ2v) is 4.78. The summed E-state index contributed by atoms with van der Waals surface area (Å²) in [7, 11) is 0. The van der Waals surface area contributed by atoms with Gasteiger partial charge in [0.05, 0.1) is 0 Å². The van der Waals surface area contributed by atoms with E-state index in [1.807, 2.05) is 12.1 Å². The van der Waals surface area contributed by atoms with Gasteiger partial charge in [-0.15, -0.1) is 0 Å². The molecule has 0 atom stereocenters. The minimum atomic E-state index is -0.169. The van der Waals surface area contributed by atoms with Crippen LogP contribution in [0.2, 0.25) is 0 Å². The van der Waals surface area contributed by atoms with E-state index in [1.54, 1.807) is 6.92 Å². The summed E-state index contributed by atoms with van der Waals surface area (Å²) >= 11 is 0. The SMILES string of the molecule is Cc1cc(C)c(CN)c(-c2ccc(F)c(C)c2)c1. The molecule has 2 aromatic carbocycles. The Balaban J connectivity index is 2.65. The van der Waals surface area contributed by atoms with Crippen molar-refractivity contribution in [2.45, 2.75) is 27.3 Å². The highest BCUT2D eigenvalue weighted by atomic mass is 19.1. The molecule has 0 bridgehead atoms. The van der Waals surface area contributed by atoms with E-state index in [2.05, 4.69) is 26.0 Å². The largest absolute Gasteiger partial charge is 0.326 e. The summed E-state index contributed by atoms with van der Waals surface area (Å²) in [6.45, 7) is 6.41. The first kappa shape index (κ1) is 12.8. The van der Waals surface area contributed by atoms with Gasteiger partial charge in [0.1, 0.15) is 5.82 Å². The molecule has 0 aliphatic rings. The lowest BCUT2D eigenvalue weighted by Gasteiger charge is -2.13. The van der Waals surface area contributed by atoms with E-state index in [0.717, 1.165) is 16.7 Å². The number of halogens is 1. The molecule has 0 saturated heterocycles. The summed E-state index contributed by atoms with van der Waals surface area (Å²) in [5, 5.41) is 0. The Morgan fingerprint density at radius 1 is 1.00 bits per heavy atom. The smallest absolute Gasteiger partial charge is 0.126 e. The van der Waals surface area contributed by atoms with Crippen LogP contribution in [0.4, 0.5) is 4.39 Å². The number of rotatable bonds is 2. The Labute approximate surface area is 107 Å². The van der Waals surface area contributed by atoms with Crippen molar-refractivity contribution in [3.63, 3.8) is 0 Å². The van der Waals surface area contributed by atoms with Gasteiger partial charge < -0.3 is 5.73 Å². The molecule has 2 rings (SSSR count). The molecule has 1 nitrogen and oxygen atoms in total. The minimum Gasteiger partial charge on any atom is -0.326 e. The summed E-state index contributed by atoms with van der Waals surface area (Å²) in [6, 6.07) is 9.45. The normalized spacial score (nSPS) is 10.7. The Hall–Kier alpha value is -1.67. The highest BCUT2D eigenvalue weighted by Crippen LogP contribution is 2.28. The van der Waals surface area contributed by atoms with E-state index in [-0.39, 0.29) is 5.82 Å². The average molecular weight is 243 g/mol. The highest BCUT2D eigenvalue weighted by molar-refractivity contribution is 5.70. The topological polar surface area (TPSA) is 26.0 Å². The van der Waals surface area contributed by atoms with Crippen LogP contribution in [0.5, 0.6) is 0 Å². The Bertz CT molecular complexity index is 588. The first-order valence-corrected chi connectivity index (χ1v) is 6.09. The third kappa shape index (κ3) is 2.29. The van der Waals surface area contributed by atoms with Gasteiger partial charge in [-0.1, -0.05) is 23.8 Å². The molecule has 0 saturated carbocycles. The van der Waals surface area contributed by atoms with E-state index >= 15 is 0 Å². The van der Waals surface area contributed by atoms with E-state index < -0.39 is 0 Å². The van der Waals surface area contributed by atoms with Crippen LogP contribution in [0.1, 0.15) is 22.3 Å². The van der Waals surface area contributed by atoms with Gasteiger partial charge in [0.25, 0.3) is 0 Å². The maximum atomic E-state index is 13.3. The molecule has 0 spiro atoms. The Kier molecular flexibility index (Phi) is 3.48. The van der Waals surface area contributed by atoms with Crippen LogP contribution in [0.15, 0.2) is 30.3 Å². The van der Waals surface area contributed by atoms with Crippen molar-refractivity contribution >= 4 is 0 Å². The molecule has 94 valence electrons. The maximum absolute atomic E-state index is 13.3. The van der Waals surface area contributed by atoms with Crippen molar-refractivity contribution in [1.29, 1.82) is 0 Å². The maximum Gasteiger partial charge on any atom is 0.126 e. The fourth-order valence-electron chi connectivity index (χ4n) is 2.34. The van der Waals surface area contributed by atoms with Crippen LogP contribution < -0.4 is 5.73 Å².